The topological polar surface area (TPSA) is 86.6 Å². The van der Waals surface area contributed by atoms with Gasteiger partial charge < -0.3 is 10.2 Å². The fraction of sp³-hybridized carbons (Fsp3) is 0.714. The third-order valence-corrected chi connectivity index (χ3v) is 1.42. The van der Waals surface area contributed by atoms with Gasteiger partial charge in [-0.05, 0) is 13.8 Å². The lowest BCUT2D eigenvalue weighted by atomic mass is 10.2. The van der Waals surface area contributed by atoms with E-state index in [9.17, 15) is 9.59 Å². The molecule has 1 unspecified atom stereocenters. The van der Waals surface area contributed by atoms with Gasteiger partial charge in [0.1, 0.15) is 12.1 Å². The van der Waals surface area contributed by atoms with Crippen molar-refractivity contribution in [2.45, 2.75) is 26.0 Å². The summed E-state index contributed by atoms with van der Waals surface area (Å²) >= 11 is 0. The van der Waals surface area contributed by atoms with Gasteiger partial charge in [0.05, 0.1) is 6.54 Å². The Morgan fingerprint density at radius 2 is 1.92 bits per heavy atom. The summed E-state index contributed by atoms with van der Waals surface area (Å²) in [5, 5.41) is 19.6. The molecule has 70 valence electrons. The summed E-state index contributed by atoms with van der Waals surface area (Å²) < 4.78 is 0. The van der Waals surface area contributed by atoms with Crippen LogP contribution in [0.1, 0.15) is 13.8 Å². The van der Waals surface area contributed by atoms with Gasteiger partial charge in [-0.15, -0.1) is 0 Å². The first-order valence-corrected chi connectivity index (χ1v) is 3.62. The first-order chi connectivity index (χ1) is 5.45. The average Bonchev–Trinajstić information content (AvgIpc) is 1.98. The highest BCUT2D eigenvalue weighted by atomic mass is 16.4. The van der Waals surface area contributed by atoms with Crippen LogP contribution in [-0.4, -0.2) is 40.7 Å². The Kier molecular flexibility index (Phi) is 4.46. The number of carbonyl (C=O) groups excluding carboxylic acids is 1. The molecule has 0 heterocycles. The van der Waals surface area contributed by atoms with E-state index in [-0.39, 0.29) is 6.54 Å². The second-order valence-corrected chi connectivity index (χ2v) is 2.58. The minimum absolute atomic E-state index is 0.120. The Morgan fingerprint density at radius 3 is 2.25 bits per heavy atom. The standard InChI is InChI=1S/C7H13NO4/c1-4(7(11)12)8-3-6(10)5(2)9/h4-5,8-9H,3H2,1-2H3,(H,11,12)/t4-,5?/m0/s1. The number of carbonyl (C=O) groups is 2. The Bertz CT molecular complexity index is 178. The number of ketones is 1. The number of rotatable bonds is 5. The number of aliphatic hydroxyl groups is 1. The minimum Gasteiger partial charge on any atom is -0.480 e. The van der Waals surface area contributed by atoms with E-state index >= 15 is 0 Å². The smallest absolute Gasteiger partial charge is 0.320 e. The molecule has 0 aromatic rings. The van der Waals surface area contributed by atoms with Crippen molar-refractivity contribution in [3.8, 4) is 0 Å². The molecule has 0 aromatic carbocycles. The van der Waals surface area contributed by atoms with Crippen molar-refractivity contribution in [2.24, 2.45) is 0 Å². The number of hydrogen-bond acceptors (Lipinski definition) is 4. The predicted octanol–water partition coefficient (Wildman–Crippen LogP) is -1.00. The van der Waals surface area contributed by atoms with E-state index in [1.54, 1.807) is 0 Å². The summed E-state index contributed by atoms with van der Waals surface area (Å²) in [4.78, 5) is 21.0. The van der Waals surface area contributed by atoms with Crippen molar-refractivity contribution < 1.29 is 19.8 Å². The third-order valence-electron chi connectivity index (χ3n) is 1.42. The van der Waals surface area contributed by atoms with E-state index in [1.165, 1.54) is 13.8 Å². The Labute approximate surface area is 70.4 Å². The summed E-state index contributed by atoms with van der Waals surface area (Å²) in [5.74, 6) is -1.43. The predicted molar refractivity (Wildman–Crippen MR) is 41.8 cm³/mol. The van der Waals surface area contributed by atoms with Crippen molar-refractivity contribution >= 4 is 11.8 Å². The number of carboxylic acids is 1. The number of nitrogens with one attached hydrogen (secondary N) is 1. The van der Waals surface area contributed by atoms with E-state index in [1.807, 2.05) is 0 Å². The highest BCUT2D eigenvalue weighted by Crippen LogP contribution is 1.84. The van der Waals surface area contributed by atoms with Crippen LogP contribution >= 0.6 is 0 Å². The summed E-state index contributed by atoms with van der Waals surface area (Å²) in [5.41, 5.74) is 0. The number of Topliss-reactive ketones (excluding diaryl/α,β-unsaturated/α-hetero) is 1. The van der Waals surface area contributed by atoms with Crippen LogP contribution in [0.5, 0.6) is 0 Å². The lowest BCUT2D eigenvalue weighted by Crippen LogP contribution is -2.39. The van der Waals surface area contributed by atoms with Crippen LogP contribution in [0, 0.1) is 0 Å². The first-order valence-electron chi connectivity index (χ1n) is 3.62. The summed E-state index contributed by atoms with van der Waals surface area (Å²) in [7, 11) is 0. The molecule has 5 heteroatoms. The van der Waals surface area contributed by atoms with Gasteiger partial charge in [0.25, 0.3) is 0 Å². The summed E-state index contributed by atoms with van der Waals surface area (Å²) in [6, 6.07) is -0.771. The highest BCUT2D eigenvalue weighted by Gasteiger charge is 2.13. The van der Waals surface area contributed by atoms with E-state index in [0.717, 1.165) is 0 Å². The molecular weight excluding hydrogens is 162 g/mol. The lowest BCUT2D eigenvalue weighted by molar-refractivity contribution is -0.139. The number of carboxylic acid groups (broad SMARTS) is 1. The van der Waals surface area contributed by atoms with Gasteiger partial charge in [0, 0.05) is 0 Å². The van der Waals surface area contributed by atoms with Gasteiger partial charge in [0.15, 0.2) is 5.78 Å². The molecule has 0 spiro atoms. The molecule has 5 nitrogen and oxygen atoms in total. The summed E-state index contributed by atoms with van der Waals surface area (Å²) in [6.45, 7) is 2.65. The van der Waals surface area contributed by atoms with Crippen molar-refractivity contribution in [3.63, 3.8) is 0 Å². The second-order valence-electron chi connectivity index (χ2n) is 2.58. The van der Waals surface area contributed by atoms with Gasteiger partial charge in [-0.3, -0.25) is 14.9 Å². The van der Waals surface area contributed by atoms with Gasteiger partial charge >= 0.3 is 5.97 Å². The van der Waals surface area contributed by atoms with Crippen molar-refractivity contribution in [1.29, 1.82) is 0 Å². The fourth-order valence-corrected chi connectivity index (χ4v) is 0.489. The normalized spacial score (nSPS) is 15.2. The zero-order valence-electron chi connectivity index (χ0n) is 7.07. The lowest BCUT2D eigenvalue weighted by Gasteiger charge is -2.08. The molecule has 0 rings (SSSR count). The largest absolute Gasteiger partial charge is 0.480 e. The molecule has 0 saturated heterocycles. The molecule has 0 saturated carbocycles. The number of aliphatic hydroxyl groups excluding tert-OH is 1. The minimum atomic E-state index is -1.04. The molecule has 0 aliphatic carbocycles. The van der Waals surface area contributed by atoms with Crippen LogP contribution < -0.4 is 5.32 Å². The second kappa shape index (κ2) is 4.84. The molecule has 0 amide bonds. The third kappa shape index (κ3) is 4.05. The van der Waals surface area contributed by atoms with E-state index < -0.39 is 23.9 Å². The van der Waals surface area contributed by atoms with Crippen LogP contribution in [0.2, 0.25) is 0 Å². The number of aliphatic carboxylic acids is 1. The van der Waals surface area contributed by atoms with Gasteiger partial charge in [-0.2, -0.15) is 0 Å². The molecule has 0 fully saturated rings. The maximum atomic E-state index is 10.8. The molecule has 2 atom stereocenters. The van der Waals surface area contributed by atoms with Gasteiger partial charge in [-0.25, -0.2) is 0 Å². The molecule has 0 aliphatic heterocycles. The van der Waals surface area contributed by atoms with E-state index in [2.05, 4.69) is 5.32 Å². The molecule has 12 heavy (non-hydrogen) atoms. The number of hydrogen-bond donors (Lipinski definition) is 3. The quantitative estimate of drug-likeness (QED) is 0.499. The summed E-state index contributed by atoms with van der Waals surface area (Å²) in [6.07, 6.45) is -1.04. The molecule has 0 bridgehead atoms. The molecule has 0 aromatic heterocycles. The zero-order valence-corrected chi connectivity index (χ0v) is 7.07. The van der Waals surface area contributed by atoms with Crippen LogP contribution in [-0.2, 0) is 9.59 Å². The highest BCUT2D eigenvalue weighted by molar-refractivity contribution is 5.85. The van der Waals surface area contributed by atoms with Crippen molar-refractivity contribution in [2.75, 3.05) is 6.54 Å². The molecule has 3 N–H and O–H groups in total. The molecular formula is C7H13NO4. The van der Waals surface area contributed by atoms with Crippen molar-refractivity contribution in [1.82, 2.24) is 5.32 Å². The maximum absolute atomic E-state index is 10.8. The van der Waals surface area contributed by atoms with E-state index in [4.69, 9.17) is 10.2 Å². The monoisotopic (exact) mass is 175 g/mol. The van der Waals surface area contributed by atoms with E-state index in [0.29, 0.717) is 0 Å². The Balaban J connectivity index is 3.69. The average molecular weight is 175 g/mol. The van der Waals surface area contributed by atoms with Crippen molar-refractivity contribution in [3.05, 3.63) is 0 Å². The van der Waals surface area contributed by atoms with Crippen LogP contribution in [0.3, 0.4) is 0 Å². The Morgan fingerprint density at radius 1 is 1.42 bits per heavy atom. The van der Waals surface area contributed by atoms with Gasteiger partial charge in [0.2, 0.25) is 0 Å². The van der Waals surface area contributed by atoms with Crippen LogP contribution in [0.4, 0.5) is 0 Å². The zero-order chi connectivity index (χ0) is 9.72. The van der Waals surface area contributed by atoms with Crippen LogP contribution in [0.25, 0.3) is 0 Å². The molecule has 0 aliphatic rings. The Hall–Kier alpha value is -0.940. The first kappa shape index (κ1) is 11.1. The fourth-order valence-electron chi connectivity index (χ4n) is 0.489. The maximum Gasteiger partial charge on any atom is 0.320 e. The van der Waals surface area contributed by atoms with Gasteiger partial charge in [-0.1, -0.05) is 0 Å². The van der Waals surface area contributed by atoms with Crippen LogP contribution in [0.15, 0.2) is 0 Å². The SMILES string of the molecule is CC(O)C(=O)CN[C@@H](C)C(=O)O. The molecule has 0 radical (unpaired) electrons.